The molecule has 0 heterocycles. The molecule has 0 aliphatic carbocycles. The molecule has 0 aromatic heterocycles. The fourth-order valence-corrected chi connectivity index (χ4v) is 4.24. The van der Waals surface area contributed by atoms with Gasteiger partial charge in [0.05, 0.1) is 0 Å². The monoisotopic (exact) mass is 484 g/mol. The van der Waals surface area contributed by atoms with Crippen LogP contribution in [-0.4, -0.2) is 6.21 Å². The zero-order chi connectivity index (χ0) is 26.8. The summed E-state index contributed by atoms with van der Waals surface area (Å²) in [6, 6.07) is 18.2. The number of hydrogen-bond donors (Lipinski definition) is 0. The number of aliphatic imine (C=N–C) groups is 1. The maximum atomic E-state index is 13.4. The van der Waals surface area contributed by atoms with Crippen LogP contribution in [0.1, 0.15) is 109 Å². The molecule has 0 spiro atoms. The molecule has 3 rings (SSSR count). The van der Waals surface area contributed by atoms with E-state index in [1.165, 1.54) is 11.1 Å². The Morgan fingerprint density at radius 1 is 0.778 bits per heavy atom. The van der Waals surface area contributed by atoms with Crippen LogP contribution in [0.25, 0.3) is 0 Å². The molecule has 0 aliphatic heterocycles. The predicted molar refractivity (Wildman–Crippen MR) is 152 cm³/mol. The topological polar surface area (TPSA) is 41.5 Å². The van der Waals surface area contributed by atoms with Crippen LogP contribution in [0.4, 0.5) is 5.69 Å². The summed E-state index contributed by atoms with van der Waals surface area (Å²) in [4.78, 5) is 4.78. The van der Waals surface area contributed by atoms with Gasteiger partial charge in [0.15, 0.2) is 11.5 Å². The molecule has 1 radical (unpaired) electrons. The first kappa shape index (κ1) is 27.5. The first-order valence-electron chi connectivity index (χ1n) is 13.0. The highest BCUT2D eigenvalue weighted by Crippen LogP contribution is 2.41. The number of rotatable bonds is 6. The first-order chi connectivity index (χ1) is 16.7. The molecule has 0 N–H and O–H groups in total. The Morgan fingerprint density at radius 2 is 1.36 bits per heavy atom. The molecule has 3 heteroatoms. The van der Waals surface area contributed by atoms with E-state index in [9.17, 15) is 5.11 Å². The Morgan fingerprint density at radius 3 is 1.89 bits per heavy atom. The Bertz CT molecular complexity index is 1210. The van der Waals surface area contributed by atoms with E-state index in [2.05, 4.69) is 93.5 Å². The van der Waals surface area contributed by atoms with Gasteiger partial charge in [-0.15, -0.1) is 0 Å². The van der Waals surface area contributed by atoms with Crippen LogP contribution in [0.5, 0.6) is 17.2 Å². The Balaban J connectivity index is 2.10. The Kier molecular flexibility index (Phi) is 8.03. The third kappa shape index (κ3) is 6.19. The smallest absolute Gasteiger partial charge is 0.191 e. The number of ether oxygens (including phenoxy) is 1. The molecule has 3 aromatic rings. The molecular formula is C33H42NO2. The fourth-order valence-electron chi connectivity index (χ4n) is 4.24. The van der Waals surface area contributed by atoms with Crippen molar-refractivity contribution < 1.29 is 9.84 Å². The minimum Gasteiger partial charge on any atom is -0.455 e. The molecule has 3 nitrogen and oxygen atoms in total. The molecule has 0 amide bonds. The highest BCUT2D eigenvalue weighted by molar-refractivity contribution is 5.87. The molecule has 0 bridgehead atoms. The maximum absolute atomic E-state index is 13.4. The van der Waals surface area contributed by atoms with E-state index >= 15 is 0 Å². The third-order valence-electron chi connectivity index (χ3n) is 6.53. The van der Waals surface area contributed by atoms with Crippen LogP contribution in [0.3, 0.4) is 0 Å². The predicted octanol–water partition coefficient (Wildman–Crippen LogP) is 10.2. The minimum atomic E-state index is -0.254. The summed E-state index contributed by atoms with van der Waals surface area (Å²) in [6.07, 6.45) is 1.70. The average Bonchev–Trinajstić information content (AvgIpc) is 2.77. The van der Waals surface area contributed by atoms with Crippen LogP contribution in [0.15, 0.2) is 59.6 Å². The third-order valence-corrected chi connectivity index (χ3v) is 6.53. The molecule has 191 valence electrons. The number of nitrogens with zero attached hydrogens (tertiary/aromatic N) is 1. The van der Waals surface area contributed by atoms with Crippen molar-refractivity contribution in [2.24, 2.45) is 4.99 Å². The first-order valence-corrected chi connectivity index (χ1v) is 13.0. The van der Waals surface area contributed by atoms with E-state index in [-0.39, 0.29) is 16.6 Å². The molecule has 0 fully saturated rings. The molecule has 36 heavy (non-hydrogen) atoms. The second kappa shape index (κ2) is 10.5. The standard InChI is InChI=1S/C33H42NO2/c1-21(2)25-14-13-15-26(22(3)4)31(25)36-29-17-12-11-16-28(29)34-20-23-18-24(32(5,6)7)19-27(30(23)35)33(8,9)10/h11-22H,1-10H3. The van der Waals surface area contributed by atoms with Gasteiger partial charge in [0.1, 0.15) is 11.4 Å². The summed E-state index contributed by atoms with van der Waals surface area (Å²) in [6.45, 7) is 21.5. The van der Waals surface area contributed by atoms with Gasteiger partial charge in [-0.2, -0.15) is 0 Å². The molecule has 0 atom stereocenters. The lowest BCUT2D eigenvalue weighted by Crippen LogP contribution is -2.17. The van der Waals surface area contributed by atoms with Gasteiger partial charge >= 0.3 is 0 Å². The molecule has 0 aliphatic rings. The Hall–Kier alpha value is -3.07. The molecule has 0 saturated heterocycles. The van der Waals surface area contributed by atoms with E-state index in [0.29, 0.717) is 28.8 Å². The van der Waals surface area contributed by atoms with Crippen molar-refractivity contribution in [1.82, 2.24) is 0 Å². The van der Waals surface area contributed by atoms with Crippen LogP contribution >= 0.6 is 0 Å². The largest absolute Gasteiger partial charge is 0.455 e. The SMILES string of the molecule is CC(C)c1cccc(C(C)C)c1Oc1ccccc1N=Cc1cc(C(C)(C)C)cc(C(C)(C)C)c1[O]. The summed E-state index contributed by atoms with van der Waals surface area (Å²) in [7, 11) is 0. The highest BCUT2D eigenvalue weighted by Gasteiger charge is 2.25. The normalized spacial score (nSPS) is 12.7. The quantitative estimate of drug-likeness (QED) is 0.321. The number of benzene rings is 3. The van der Waals surface area contributed by atoms with Gasteiger partial charge in [0, 0.05) is 17.3 Å². The van der Waals surface area contributed by atoms with Gasteiger partial charge in [0.2, 0.25) is 0 Å². The number of hydrogen-bond acceptors (Lipinski definition) is 2. The lowest BCUT2D eigenvalue weighted by atomic mass is 9.79. The van der Waals surface area contributed by atoms with Crippen molar-refractivity contribution in [3.8, 4) is 17.2 Å². The summed E-state index contributed by atoms with van der Waals surface area (Å²) < 4.78 is 6.58. The Labute approximate surface area is 218 Å². The van der Waals surface area contributed by atoms with E-state index < -0.39 is 0 Å². The lowest BCUT2D eigenvalue weighted by molar-refractivity contribution is 0.339. The zero-order valence-electron chi connectivity index (χ0n) is 23.7. The van der Waals surface area contributed by atoms with Gasteiger partial charge in [-0.05, 0) is 57.6 Å². The maximum Gasteiger partial charge on any atom is 0.191 e. The molecule has 0 saturated carbocycles. The number of para-hydroxylation sites is 3. The van der Waals surface area contributed by atoms with Crippen LogP contribution in [0.2, 0.25) is 0 Å². The lowest BCUT2D eigenvalue weighted by Gasteiger charge is -2.26. The van der Waals surface area contributed by atoms with Gasteiger partial charge in [-0.25, -0.2) is 0 Å². The van der Waals surface area contributed by atoms with Crippen molar-refractivity contribution in [3.63, 3.8) is 0 Å². The average molecular weight is 485 g/mol. The summed E-state index contributed by atoms with van der Waals surface area (Å²) in [5.74, 6) is 2.27. The van der Waals surface area contributed by atoms with Crippen molar-refractivity contribution in [1.29, 1.82) is 0 Å². The molecular weight excluding hydrogens is 442 g/mol. The second-order valence-electron chi connectivity index (χ2n) is 12.3. The summed E-state index contributed by atoms with van der Waals surface area (Å²) >= 11 is 0. The van der Waals surface area contributed by atoms with E-state index in [1.807, 2.05) is 30.3 Å². The van der Waals surface area contributed by atoms with E-state index in [0.717, 1.165) is 16.9 Å². The summed E-state index contributed by atoms with van der Waals surface area (Å²) in [5, 5.41) is 13.4. The van der Waals surface area contributed by atoms with Crippen LogP contribution in [-0.2, 0) is 15.9 Å². The van der Waals surface area contributed by atoms with E-state index in [1.54, 1.807) is 6.21 Å². The van der Waals surface area contributed by atoms with Gasteiger partial charge in [0.25, 0.3) is 0 Å². The van der Waals surface area contributed by atoms with Gasteiger partial charge < -0.3 is 4.74 Å². The van der Waals surface area contributed by atoms with Crippen LogP contribution < -0.4 is 4.74 Å². The second-order valence-corrected chi connectivity index (χ2v) is 12.3. The molecule has 3 aromatic carbocycles. The van der Waals surface area contributed by atoms with Gasteiger partial charge in [-0.1, -0.05) is 106 Å². The van der Waals surface area contributed by atoms with E-state index in [4.69, 9.17) is 9.73 Å². The van der Waals surface area contributed by atoms with Gasteiger partial charge in [-0.3, -0.25) is 10.1 Å². The van der Waals surface area contributed by atoms with Crippen molar-refractivity contribution in [2.45, 2.75) is 91.9 Å². The highest BCUT2D eigenvalue weighted by atomic mass is 16.5. The zero-order valence-corrected chi connectivity index (χ0v) is 23.7. The molecule has 0 unspecified atom stereocenters. The summed E-state index contributed by atoms with van der Waals surface area (Å²) in [5.41, 5.74) is 5.26. The van der Waals surface area contributed by atoms with Crippen molar-refractivity contribution >= 4 is 11.9 Å². The van der Waals surface area contributed by atoms with Crippen molar-refractivity contribution in [3.05, 3.63) is 82.4 Å². The minimum absolute atomic E-state index is 0.0323. The fraction of sp³-hybridized carbons (Fsp3) is 0.424. The van der Waals surface area contributed by atoms with Crippen molar-refractivity contribution in [2.75, 3.05) is 0 Å². The van der Waals surface area contributed by atoms with Crippen LogP contribution in [0, 0.1) is 0 Å².